The number of rotatable bonds is 4. The van der Waals surface area contributed by atoms with Crippen LogP contribution in [0.15, 0.2) is 36.5 Å². The number of imidazole rings is 1. The SMILES string of the molecule is CCOC(=O)c1cc(B2OCC(C)(C)CO2)cc2c1nc(C)n2-c1ccnc2c(F)ccc(F)c12. The number of carbonyl (C=O) groups excluding carboxylic acids is 1. The van der Waals surface area contributed by atoms with Crippen molar-refractivity contribution < 1.29 is 27.6 Å². The summed E-state index contributed by atoms with van der Waals surface area (Å²) >= 11 is 0. The molecule has 1 fully saturated rings. The quantitative estimate of drug-likeness (QED) is 0.324. The highest BCUT2D eigenvalue weighted by Crippen LogP contribution is 2.31. The Labute approximate surface area is 201 Å². The average Bonchev–Trinajstić information content (AvgIpc) is 3.16. The normalized spacial score (nSPS) is 15.7. The number of esters is 1. The third-order valence-electron chi connectivity index (χ3n) is 5.98. The molecule has 0 aliphatic carbocycles. The molecule has 7 nitrogen and oxygen atoms in total. The standard InChI is InChI=1S/C25H24BF2N3O4/c1-5-33-24(32)16-10-15(26-34-12-25(3,4)13-35-26)11-20-22(16)30-14(2)31(20)19-8-9-29-23-18(28)7-6-17(27)21(19)23/h6-11H,5,12-13H2,1-4H3. The minimum Gasteiger partial charge on any atom is -0.462 e. The number of carbonyl (C=O) groups is 1. The van der Waals surface area contributed by atoms with Gasteiger partial charge in [-0.25, -0.2) is 18.6 Å². The van der Waals surface area contributed by atoms with Gasteiger partial charge < -0.3 is 14.0 Å². The number of ether oxygens (including phenoxy) is 1. The Morgan fingerprint density at radius 3 is 2.57 bits per heavy atom. The van der Waals surface area contributed by atoms with Crippen LogP contribution in [0.3, 0.4) is 0 Å². The van der Waals surface area contributed by atoms with E-state index in [1.165, 1.54) is 6.20 Å². The van der Waals surface area contributed by atoms with Gasteiger partial charge in [-0.2, -0.15) is 0 Å². The molecule has 1 aliphatic heterocycles. The molecule has 10 heteroatoms. The van der Waals surface area contributed by atoms with Crippen molar-refractivity contribution in [3.05, 3.63) is 59.6 Å². The van der Waals surface area contributed by atoms with E-state index in [4.69, 9.17) is 14.0 Å². The first-order valence-corrected chi connectivity index (χ1v) is 11.4. The van der Waals surface area contributed by atoms with Crippen LogP contribution in [-0.2, 0) is 14.0 Å². The number of benzene rings is 2. The van der Waals surface area contributed by atoms with E-state index in [1.807, 2.05) is 13.8 Å². The highest BCUT2D eigenvalue weighted by molar-refractivity contribution is 6.62. The third-order valence-corrected chi connectivity index (χ3v) is 5.98. The van der Waals surface area contributed by atoms with E-state index >= 15 is 0 Å². The Balaban J connectivity index is 1.77. The van der Waals surface area contributed by atoms with Gasteiger partial charge in [-0.3, -0.25) is 9.55 Å². The summed E-state index contributed by atoms with van der Waals surface area (Å²) in [5.41, 5.74) is 1.85. The van der Waals surface area contributed by atoms with Crippen LogP contribution in [0.2, 0.25) is 0 Å². The second-order valence-electron chi connectivity index (χ2n) is 9.35. The van der Waals surface area contributed by atoms with Crippen LogP contribution in [0.1, 0.15) is 37.0 Å². The van der Waals surface area contributed by atoms with Crippen LogP contribution in [0, 0.1) is 24.0 Å². The lowest BCUT2D eigenvalue weighted by Crippen LogP contribution is -2.47. The molecule has 4 aromatic rings. The van der Waals surface area contributed by atoms with Crippen LogP contribution in [0.4, 0.5) is 8.78 Å². The smallest absolute Gasteiger partial charge is 0.462 e. The third kappa shape index (κ3) is 4.06. The van der Waals surface area contributed by atoms with E-state index < -0.39 is 24.7 Å². The molecule has 0 bridgehead atoms. The summed E-state index contributed by atoms with van der Waals surface area (Å²) in [6.07, 6.45) is 1.41. The van der Waals surface area contributed by atoms with Crippen LogP contribution in [0.5, 0.6) is 0 Å². The Bertz CT molecular complexity index is 1460. The number of nitrogens with zero attached hydrogens (tertiary/aromatic N) is 3. The summed E-state index contributed by atoms with van der Waals surface area (Å²) in [7, 11) is -0.701. The van der Waals surface area contributed by atoms with Gasteiger partial charge >= 0.3 is 13.1 Å². The zero-order chi connectivity index (χ0) is 24.9. The molecule has 2 aromatic heterocycles. The molecular formula is C25H24BF2N3O4. The highest BCUT2D eigenvalue weighted by atomic mass is 19.1. The molecule has 0 atom stereocenters. The zero-order valence-electron chi connectivity index (χ0n) is 19.9. The van der Waals surface area contributed by atoms with Crippen molar-refractivity contribution in [2.24, 2.45) is 5.41 Å². The lowest BCUT2D eigenvalue weighted by Gasteiger charge is -2.33. The molecule has 2 aromatic carbocycles. The van der Waals surface area contributed by atoms with Gasteiger partial charge in [0.25, 0.3) is 0 Å². The van der Waals surface area contributed by atoms with Gasteiger partial charge in [0.05, 0.1) is 28.8 Å². The number of hydrogen-bond donors (Lipinski definition) is 0. The second-order valence-corrected chi connectivity index (χ2v) is 9.35. The maximum atomic E-state index is 14.9. The number of aryl methyl sites for hydroxylation is 1. The number of fused-ring (bicyclic) bond motifs is 2. The molecule has 1 aliphatic rings. The fourth-order valence-corrected chi connectivity index (χ4v) is 4.37. The number of hydrogen-bond acceptors (Lipinski definition) is 6. The fourth-order valence-electron chi connectivity index (χ4n) is 4.37. The molecule has 0 N–H and O–H groups in total. The van der Waals surface area contributed by atoms with Crippen molar-refractivity contribution in [2.75, 3.05) is 19.8 Å². The Morgan fingerprint density at radius 2 is 1.86 bits per heavy atom. The minimum absolute atomic E-state index is 0.0184. The van der Waals surface area contributed by atoms with Crippen molar-refractivity contribution in [3.8, 4) is 5.69 Å². The molecule has 35 heavy (non-hydrogen) atoms. The van der Waals surface area contributed by atoms with Crippen molar-refractivity contribution in [1.82, 2.24) is 14.5 Å². The van der Waals surface area contributed by atoms with E-state index in [0.717, 1.165) is 12.1 Å². The first-order chi connectivity index (χ1) is 16.7. The first-order valence-electron chi connectivity index (χ1n) is 11.4. The topological polar surface area (TPSA) is 75.5 Å². The average molecular weight is 479 g/mol. The number of pyridine rings is 1. The van der Waals surface area contributed by atoms with E-state index in [0.29, 0.717) is 41.2 Å². The zero-order valence-corrected chi connectivity index (χ0v) is 19.9. The number of aromatic nitrogens is 3. The molecule has 0 unspecified atom stereocenters. The fraction of sp³-hybridized carbons (Fsp3) is 0.320. The summed E-state index contributed by atoms with van der Waals surface area (Å²) in [5.74, 6) is -1.32. The van der Waals surface area contributed by atoms with Crippen LogP contribution in [0.25, 0.3) is 27.6 Å². The Hall–Kier alpha value is -3.37. The van der Waals surface area contributed by atoms with E-state index in [9.17, 15) is 13.6 Å². The van der Waals surface area contributed by atoms with Crippen LogP contribution < -0.4 is 5.46 Å². The van der Waals surface area contributed by atoms with Gasteiger partial charge in [0.1, 0.15) is 28.5 Å². The molecule has 180 valence electrons. The van der Waals surface area contributed by atoms with Crippen molar-refractivity contribution in [3.63, 3.8) is 0 Å². The van der Waals surface area contributed by atoms with E-state index in [2.05, 4.69) is 9.97 Å². The molecule has 0 saturated carbocycles. The van der Waals surface area contributed by atoms with Gasteiger partial charge in [0.2, 0.25) is 0 Å². The van der Waals surface area contributed by atoms with Crippen LogP contribution >= 0.6 is 0 Å². The van der Waals surface area contributed by atoms with E-state index in [-0.39, 0.29) is 28.5 Å². The maximum Gasteiger partial charge on any atom is 0.494 e. The predicted octanol–water partition coefficient (Wildman–Crippen LogP) is 4.11. The van der Waals surface area contributed by atoms with Crippen molar-refractivity contribution >= 4 is 40.5 Å². The maximum absolute atomic E-state index is 14.9. The summed E-state index contributed by atoms with van der Waals surface area (Å²) in [4.78, 5) is 21.5. The number of halogens is 2. The molecule has 0 amide bonds. The lowest BCUT2D eigenvalue weighted by atomic mass is 9.75. The highest BCUT2D eigenvalue weighted by Gasteiger charge is 2.35. The Morgan fingerprint density at radius 1 is 1.14 bits per heavy atom. The first kappa shape index (κ1) is 23.4. The van der Waals surface area contributed by atoms with Crippen molar-refractivity contribution in [1.29, 1.82) is 0 Å². The van der Waals surface area contributed by atoms with E-state index in [1.54, 1.807) is 36.6 Å². The molecule has 5 rings (SSSR count). The van der Waals surface area contributed by atoms with Gasteiger partial charge in [-0.15, -0.1) is 0 Å². The van der Waals surface area contributed by atoms with Gasteiger partial charge in [0, 0.05) is 24.8 Å². The summed E-state index contributed by atoms with van der Waals surface area (Å²) in [6, 6.07) is 7.16. The van der Waals surface area contributed by atoms with Crippen LogP contribution in [-0.4, -0.2) is 47.4 Å². The Kier molecular flexibility index (Phi) is 5.81. The summed E-state index contributed by atoms with van der Waals surface area (Å²) < 4.78 is 48.3. The lowest BCUT2D eigenvalue weighted by molar-refractivity contribution is 0.0343. The monoisotopic (exact) mass is 479 g/mol. The summed E-state index contributed by atoms with van der Waals surface area (Å²) in [6.45, 7) is 8.67. The van der Waals surface area contributed by atoms with Gasteiger partial charge in [0.15, 0.2) is 0 Å². The molecule has 0 spiro atoms. The molecular weight excluding hydrogens is 455 g/mol. The van der Waals surface area contributed by atoms with Gasteiger partial charge in [-0.05, 0) is 49.6 Å². The predicted molar refractivity (Wildman–Crippen MR) is 128 cm³/mol. The molecule has 0 radical (unpaired) electrons. The summed E-state index contributed by atoms with van der Waals surface area (Å²) in [5, 5.41) is 0.0184. The second kappa shape index (κ2) is 8.69. The van der Waals surface area contributed by atoms with Crippen molar-refractivity contribution in [2.45, 2.75) is 27.7 Å². The molecule has 3 heterocycles. The largest absolute Gasteiger partial charge is 0.494 e. The minimum atomic E-state index is -0.701. The molecule has 1 saturated heterocycles. The van der Waals surface area contributed by atoms with Gasteiger partial charge in [-0.1, -0.05) is 13.8 Å².